The van der Waals surface area contributed by atoms with E-state index in [9.17, 15) is 4.79 Å². The number of benzene rings is 1. The van der Waals surface area contributed by atoms with E-state index in [4.69, 9.17) is 0 Å². The van der Waals surface area contributed by atoms with Crippen molar-refractivity contribution in [3.8, 4) is 0 Å². The largest absolute Gasteiger partial charge is 0.328 e. The normalized spacial score (nSPS) is 17.1. The van der Waals surface area contributed by atoms with Crippen molar-refractivity contribution in [1.29, 1.82) is 0 Å². The third-order valence-electron chi connectivity index (χ3n) is 4.60. The number of carbonyl (C=O) groups is 1. The van der Waals surface area contributed by atoms with Crippen LogP contribution in [0.25, 0.3) is 0 Å². The second kappa shape index (κ2) is 8.11. The van der Waals surface area contributed by atoms with Crippen molar-refractivity contribution in [3.05, 3.63) is 48.0 Å². The van der Waals surface area contributed by atoms with E-state index in [1.807, 2.05) is 29.5 Å². The fraction of sp³-hybridized carbons (Fsp3) is 0.500. The Labute approximate surface area is 148 Å². The molecule has 1 aromatic heterocycles. The first-order chi connectivity index (χ1) is 12.1. The highest BCUT2D eigenvalue weighted by atomic mass is 16.2. The molecule has 0 spiro atoms. The molecular weight excluding hydrogens is 316 g/mol. The third-order valence-corrected chi connectivity index (χ3v) is 4.60. The molecule has 1 unspecified atom stereocenters. The molecule has 2 aromatic rings. The lowest BCUT2D eigenvalue weighted by Crippen LogP contribution is -2.43. The van der Waals surface area contributed by atoms with Crippen LogP contribution in [-0.2, 0) is 13.6 Å². The van der Waals surface area contributed by atoms with E-state index in [-0.39, 0.29) is 12.1 Å². The quantitative estimate of drug-likeness (QED) is 0.920. The molecule has 0 radical (unpaired) electrons. The van der Waals surface area contributed by atoms with Gasteiger partial charge < -0.3 is 14.8 Å². The van der Waals surface area contributed by atoms with Crippen molar-refractivity contribution < 1.29 is 4.79 Å². The molecule has 1 saturated heterocycles. The molecule has 2 amide bonds. The summed E-state index contributed by atoms with van der Waals surface area (Å²) in [6.45, 7) is 6.29. The molecule has 1 aliphatic heterocycles. The molecule has 1 aliphatic rings. The van der Waals surface area contributed by atoms with Crippen molar-refractivity contribution >= 4 is 6.03 Å². The Bertz CT molecular complexity index is 686. The van der Waals surface area contributed by atoms with Gasteiger partial charge in [-0.2, -0.15) is 0 Å². The van der Waals surface area contributed by atoms with Crippen LogP contribution in [0.3, 0.4) is 0 Å². The number of nitrogens with one attached hydrogen (secondary N) is 1. The highest BCUT2D eigenvalue weighted by molar-refractivity contribution is 5.74. The van der Waals surface area contributed by atoms with Gasteiger partial charge in [0.1, 0.15) is 6.33 Å². The molecule has 134 valence electrons. The van der Waals surface area contributed by atoms with Gasteiger partial charge in [0.25, 0.3) is 0 Å². The number of carbonyl (C=O) groups excluding carboxylic acids is 1. The summed E-state index contributed by atoms with van der Waals surface area (Å²) in [5.41, 5.74) is 1.32. The summed E-state index contributed by atoms with van der Waals surface area (Å²) in [7, 11) is 1.88. The van der Waals surface area contributed by atoms with Crippen LogP contribution in [0.5, 0.6) is 0 Å². The summed E-state index contributed by atoms with van der Waals surface area (Å²) >= 11 is 0. The smallest absolute Gasteiger partial charge is 0.318 e. The van der Waals surface area contributed by atoms with Gasteiger partial charge in [-0.25, -0.2) is 4.79 Å². The summed E-state index contributed by atoms with van der Waals surface area (Å²) in [6, 6.07) is 10.3. The Balaban J connectivity index is 1.52. The SMILES string of the molecule is CC(NC(=O)N1CCCN(Cc2ccccc2)CC1)c1nncn1C. The maximum absolute atomic E-state index is 12.6. The van der Waals surface area contributed by atoms with Crippen LogP contribution in [0.15, 0.2) is 36.7 Å². The van der Waals surface area contributed by atoms with Crippen LogP contribution in [0, 0.1) is 0 Å². The Morgan fingerprint density at radius 3 is 2.72 bits per heavy atom. The highest BCUT2D eigenvalue weighted by Gasteiger charge is 2.22. The molecule has 2 heterocycles. The van der Waals surface area contributed by atoms with E-state index < -0.39 is 0 Å². The number of amides is 2. The summed E-state index contributed by atoms with van der Waals surface area (Å²) in [6.07, 6.45) is 2.63. The van der Waals surface area contributed by atoms with E-state index in [1.54, 1.807) is 6.33 Å². The van der Waals surface area contributed by atoms with Gasteiger partial charge in [-0.05, 0) is 18.9 Å². The third kappa shape index (κ3) is 4.57. The van der Waals surface area contributed by atoms with Gasteiger partial charge in [-0.1, -0.05) is 30.3 Å². The van der Waals surface area contributed by atoms with Crippen LogP contribution in [0.4, 0.5) is 4.79 Å². The van der Waals surface area contributed by atoms with E-state index in [0.29, 0.717) is 0 Å². The number of hydrogen-bond donors (Lipinski definition) is 1. The standard InChI is InChI=1S/C18H26N6O/c1-15(17-21-19-14-22(17)2)20-18(25)24-10-6-9-23(11-12-24)13-16-7-4-3-5-8-16/h3-5,7-8,14-15H,6,9-13H2,1-2H3,(H,20,25). The monoisotopic (exact) mass is 342 g/mol. The van der Waals surface area contributed by atoms with Crippen LogP contribution in [0.2, 0.25) is 0 Å². The Kier molecular flexibility index (Phi) is 5.65. The lowest BCUT2D eigenvalue weighted by molar-refractivity contribution is 0.194. The second-order valence-electron chi connectivity index (χ2n) is 6.57. The lowest BCUT2D eigenvalue weighted by Gasteiger charge is -2.24. The molecule has 7 heteroatoms. The number of nitrogens with zero attached hydrogens (tertiary/aromatic N) is 5. The van der Waals surface area contributed by atoms with E-state index in [2.05, 4.69) is 44.7 Å². The number of aromatic nitrogens is 3. The van der Waals surface area contributed by atoms with Crippen molar-refractivity contribution in [3.63, 3.8) is 0 Å². The molecule has 3 rings (SSSR count). The zero-order valence-corrected chi connectivity index (χ0v) is 14.9. The minimum absolute atomic E-state index is 0.0305. The van der Waals surface area contributed by atoms with Crippen molar-refractivity contribution in [1.82, 2.24) is 29.9 Å². The van der Waals surface area contributed by atoms with Gasteiger partial charge in [0, 0.05) is 39.8 Å². The summed E-state index contributed by atoms with van der Waals surface area (Å²) in [5, 5.41) is 11.0. The number of rotatable bonds is 4. The first-order valence-electron chi connectivity index (χ1n) is 8.79. The molecule has 1 atom stereocenters. The van der Waals surface area contributed by atoms with Gasteiger partial charge in [-0.3, -0.25) is 4.90 Å². The van der Waals surface area contributed by atoms with E-state index in [0.717, 1.165) is 45.0 Å². The van der Waals surface area contributed by atoms with Crippen LogP contribution in [0.1, 0.15) is 30.8 Å². The molecule has 0 bridgehead atoms. The van der Waals surface area contributed by atoms with Gasteiger partial charge in [0.05, 0.1) is 6.04 Å². The van der Waals surface area contributed by atoms with Crippen molar-refractivity contribution in [2.75, 3.05) is 26.2 Å². The number of urea groups is 1. The first-order valence-corrected chi connectivity index (χ1v) is 8.79. The lowest BCUT2D eigenvalue weighted by atomic mass is 10.2. The molecule has 7 nitrogen and oxygen atoms in total. The van der Waals surface area contributed by atoms with Gasteiger partial charge in [0.2, 0.25) is 0 Å². The van der Waals surface area contributed by atoms with E-state index in [1.165, 1.54) is 5.56 Å². The second-order valence-corrected chi connectivity index (χ2v) is 6.57. The maximum atomic E-state index is 12.6. The topological polar surface area (TPSA) is 66.3 Å². The number of aryl methyl sites for hydroxylation is 1. The molecular formula is C18H26N6O. The Morgan fingerprint density at radius 1 is 1.20 bits per heavy atom. The highest BCUT2D eigenvalue weighted by Crippen LogP contribution is 2.11. The summed E-state index contributed by atoms with van der Waals surface area (Å²) in [5.74, 6) is 0.758. The molecule has 25 heavy (non-hydrogen) atoms. The summed E-state index contributed by atoms with van der Waals surface area (Å²) in [4.78, 5) is 16.9. The predicted octanol–water partition coefficient (Wildman–Crippen LogP) is 1.79. The minimum Gasteiger partial charge on any atom is -0.328 e. The minimum atomic E-state index is -0.163. The van der Waals surface area contributed by atoms with Crippen LogP contribution < -0.4 is 5.32 Å². The fourth-order valence-electron chi connectivity index (χ4n) is 3.20. The van der Waals surface area contributed by atoms with Crippen molar-refractivity contribution in [2.24, 2.45) is 7.05 Å². The Hall–Kier alpha value is -2.41. The zero-order valence-electron chi connectivity index (χ0n) is 14.9. The van der Waals surface area contributed by atoms with Crippen molar-refractivity contribution in [2.45, 2.75) is 25.9 Å². The van der Waals surface area contributed by atoms with E-state index >= 15 is 0 Å². The molecule has 1 fully saturated rings. The average Bonchev–Trinajstić information content (AvgIpc) is 2.90. The molecule has 0 saturated carbocycles. The fourth-order valence-corrected chi connectivity index (χ4v) is 3.20. The van der Waals surface area contributed by atoms with Crippen LogP contribution >= 0.6 is 0 Å². The maximum Gasteiger partial charge on any atom is 0.318 e. The van der Waals surface area contributed by atoms with Crippen LogP contribution in [-0.4, -0.2) is 56.8 Å². The molecule has 1 aromatic carbocycles. The van der Waals surface area contributed by atoms with Gasteiger partial charge >= 0.3 is 6.03 Å². The summed E-state index contributed by atoms with van der Waals surface area (Å²) < 4.78 is 1.83. The predicted molar refractivity (Wildman–Crippen MR) is 95.9 cm³/mol. The Morgan fingerprint density at radius 2 is 2.00 bits per heavy atom. The van der Waals surface area contributed by atoms with Gasteiger partial charge in [-0.15, -0.1) is 10.2 Å². The number of hydrogen-bond acceptors (Lipinski definition) is 4. The molecule has 1 N–H and O–H groups in total. The molecule has 0 aliphatic carbocycles. The average molecular weight is 342 g/mol. The zero-order chi connectivity index (χ0) is 17.6. The first kappa shape index (κ1) is 17.4. The van der Waals surface area contributed by atoms with Gasteiger partial charge in [0.15, 0.2) is 5.82 Å².